The first kappa shape index (κ1) is 37.1. The fraction of sp³-hybridized carbons (Fsp3) is 0.278. The summed E-state index contributed by atoms with van der Waals surface area (Å²) in [6, 6.07) is 24.1. The molecule has 254 valence electrons. The zero-order valence-corrected chi connectivity index (χ0v) is 30.2. The van der Waals surface area contributed by atoms with E-state index in [1.807, 2.05) is 51.1 Å². The van der Waals surface area contributed by atoms with Crippen molar-refractivity contribution in [2.75, 3.05) is 24.5 Å². The van der Waals surface area contributed by atoms with Crippen LogP contribution in [0.25, 0.3) is 0 Å². The van der Waals surface area contributed by atoms with Gasteiger partial charge in [-0.25, -0.2) is 8.42 Å². The first-order chi connectivity index (χ1) is 22.8. The Morgan fingerprint density at radius 2 is 1.54 bits per heavy atom. The average Bonchev–Trinajstić information content (AvgIpc) is 3.06. The molecule has 0 aromatic heterocycles. The van der Waals surface area contributed by atoms with E-state index in [1.165, 1.54) is 36.3 Å². The van der Waals surface area contributed by atoms with Crippen LogP contribution < -0.4 is 14.4 Å². The van der Waals surface area contributed by atoms with Crippen molar-refractivity contribution in [1.29, 1.82) is 0 Å². The Balaban J connectivity index is 1.86. The van der Waals surface area contributed by atoms with Gasteiger partial charge in [-0.1, -0.05) is 103 Å². The van der Waals surface area contributed by atoms with E-state index in [2.05, 4.69) is 5.32 Å². The van der Waals surface area contributed by atoms with Gasteiger partial charge in [0.15, 0.2) is 0 Å². The number of rotatable bonds is 14. The minimum absolute atomic E-state index is 0.0329. The zero-order chi connectivity index (χ0) is 35.0. The van der Waals surface area contributed by atoms with Gasteiger partial charge in [-0.2, -0.15) is 0 Å². The molecular formula is C36H38Cl3N3O5S. The molecule has 1 N–H and O–H groups in total. The standard InChI is InChI=1S/C36H38Cl3N3O5S/c1-24(2)21-40-36(44)33(19-26-8-6-5-7-9-26)41(22-27-12-16-30(38)31(39)18-27)35(43)23-42(32-20-28(37)13-17-34(32)47-4)48(45,46)29-14-10-25(3)11-15-29/h5-18,20,24,33H,19,21-23H2,1-4H3,(H,40,44)/t33-/m1/s1. The summed E-state index contributed by atoms with van der Waals surface area (Å²) in [5, 5.41) is 3.81. The lowest BCUT2D eigenvalue weighted by Gasteiger charge is -2.34. The molecule has 0 spiro atoms. The quantitative estimate of drug-likeness (QED) is 0.144. The van der Waals surface area contributed by atoms with Crippen molar-refractivity contribution in [3.63, 3.8) is 0 Å². The number of carbonyl (C=O) groups excluding carboxylic acids is 2. The molecule has 0 aliphatic carbocycles. The van der Waals surface area contributed by atoms with Crippen molar-refractivity contribution in [3.8, 4) is 5.75 Å². The van der Waals surface area contributed by atoms with Crippen LogP contribution in [0.4, 0.5) is 5.69 Å². The van der Waals surface area contributed by atoms with E-state index in [-0.39, 0.29) is 51.2 Å². The number of ether oxygens (including phenoxy) is 1. The van der Waals surface area contributed by atoms with Gasteiger partial charge in [-0.3, -0.25) is 13.9 Å². The first-order valence-corrected chi connectivity index (χ1v) is 17.9. The Bertz CT molecular complexity index is 1840. The number of halogens is 3. The molecule has 0 unspecified atom stereocenters. The number of methoxy groups -OCH3 is 1. The number of hydrogen-bond acceptors (Lipinski definition) is 5. The maximum absolute atomic E-state index is 14.7. The van der Waals surface area contributed by atoms with Crippen LogP contribution in [-0.2, 0) is 32.6 Å². The van der Waals surface area contributed by atoms with E-state index in [1.54, 1.807) is 36.4 Å². The van der Waals surface area contributed by atoms with Crippen LogP contribution in [0.5, 0.6) is 5.75 Å². The molecule has 4 aromatic carbocycles. The molecule has 8 nitrogen and oxygen atoms in total. The number of nitrogens with one attached hydrogen (secondary N) is 1. The van der Waals surface area contributed by atoms with Gasteiger partial charge in [0.25, 0.3) is 10.0 Å². The monoisotopic (exact) mass is 729 g/mol. The van der Waals surface area contributed by atoms with Crippen LogP contribution in [0, 0.1) is 12.8 Å². The molecule has 48 heavy (non-hydrogen) atoms. The third-order valence-electron chi connectivity index (χ3n) is 7.59. The van der Waals surface area contributed by atoms with E-state index >= 15 is 0 Å². The van der Waals surface area contributed by atoms with Crippen LogP contribution in [0.2, 0.25) is 15.1 Å². The highest BCUT2D eigenvalue weighted by atomic mass is 35.5. The Hall–Kier alpha value is -3.76. The summed E-state index contributed by atoms with van der Waals surface area (Å²) in [6.45, 7) is 5.43. The van der Waals surface area contributed by atoms with Crippen LogP contribution in [0.3, 0.4) is 0 Å². The molecule has 12 heteroatoms. The molecule has 4 rings (SSSR count). The van der Waals surface area contributed by atoms with Crippen LogP contribution in [0.1, 0.15) is 30.5 Å². The fourth-order valence-corrected chi connectivity index (χ4v) is 6.92. The zero-order valence-electron chi connectivity index (χ0n) is 27.1. The second kappa shape index (κ2) is 16.6. The molecule has 0 aliphatic heterocycles. The summed E-state index contributed by atoms with van der Waals surface area (Å²) in [4.78, 5) is 30.0. The number of benzene rings is 4. The lowest BCUT2D eigenvalue weighted by atomic mass is 10.0. The number of anilines is 1. The predicted octanol–water partition coefficient (Wildman–Crippen LogP) is 7.57. The summed E-state index contributed by atoms with van der Waals surface area (Å²) in [6.07, 6.45) is 0.170. The van der Waals surface area contributed by atoms with Gasteiger partial charge in [0, 0.05) is 24.5 Å². The predicted molar refractivity (Wildman–Crippen MR) is 193 cm³/mol. The third-order valence-corrected chi connectivity index (χ3v) is 10.3. The van der Waals surface area contributed by atoms with Crippen LogP contribution in [-0.4, -0.2) is 51.4 Å². The third kappa shape index (κ3) is 9.44. The summed E-state index contributed by atoms with van der Waals surface area (Å²) >= 11 is 18.9. The number of hydrogen-bond donors (Lipinski definition) is 1. The van der Waals surface area contributed by atoms with Gasteiger partial charge in [0.2, 0.25) is 11.8 Å². The second-order valence-electron chi connectivity index (χ2n) is 11.8. The number of sulfonamides is 1. The van der Waals surface area contributed by atoms with Gasteiger partial charge in [-0.15, -0.1) is 0 Å². The van der Waals surface area contributed by atoms with E-state index in [4.69, 9.17) is 39.5 Å². The largest absolute Gasteiger partial charge is 0.495 e. The van der Waals surface area contributed by atoms with Gasteiger partial charge in [0.05, 0.1) is 27.7 Å². The van der Waals surface area contributed by atoms with Gasteiger partial charge < -0.3 is 15.0 Å². The first-order valence-electron chi connectivity index (χ1n) is 15.3. The summed E-state index contributed by atoms with van der Waals surface area (Å²) < 4.78 is 35.2. The molecule has 0 saturated carbocycles. The number of carbonyl (C=O) groups is 2. The molecule has 1 atom stereocenters. The Morgan fingerprint density at radius 3 is 2.17 bits per heavy atom. The highest BCUT2D eigenvalue weighted by molar-refractivity contribution is 7.92. The van der Waals surface area contributed by atoms with Crippen molar-refractivity contribution in [2.24, 2.45) is 5.92 Å². The SMILES string of the molecule is COc1ccc(Cl)cc1N(CC(=O)N(Cc1ccc(Cl)c(Cl)c1)[C@H](Cc1ccccc1)C(=O)NCC(C)C)S(=O)(=O)c1ccc(C)cc1. The van der Waals surface area contributed by atoms with Gasteiger partial charge in [-0.05, 0) is 66.4 Å². The number of amides is 2. The molecule has 0 bridgehead atoms. The Labute approximate surface area is 297 Å². The minimum atomic E-state index is -4.35. The maximum atomic E-state index is 14.7. The van der Waals surface area contributed by atoms with Crippen LogP contribution >= 0.6 is 34.8 Å². The lowest BCUT2D eigenvalue weighted by Crippen LogP contribution is -2.53. The lowest BCUT2D eigenvalue weighted by molar-refractivity contribution is -0.140. The minimum Gasteiger partial charge on any atom is -0.495 e. The molecule has 0 saturated heterocycles. The van der Waals surface area contributed by atoms with E-state index < -0.39 is 28.5 Å². The summed E-state index contributed by atoms with van der Waals surface area (Å²) in [5.74, 6) is -0.681. The summed E-state index contributed by atoms with van der Waals surface area (Å²) in [7, 11) is -2.95. The topological polar surface area (TPSA) is 96.0 Å². The summed E-state index contributed by atoms with van der Waals surface area (Å²) in [5.41, 5.74) is 2.34. The smallest absolute Gasteiger partial charge is 0.264 e. The van der Waals surface area contributed by atoms with E-state index in [0.29, 0.717) is 17.1 Å². The Kier molecular flexibility index (Phi) is 12.8. The Morgan fingerprint density at radius 1 is 0.854 bits per heavy atom. The van der Waals surface area contributed by atoms with E-state index in [9.17, 15) is 18.0 Å². The van der Waals surface area contributed by atoms with Gasteiger partial charge in [0.1, 0.15) is 18.3 Å². The van der Waals surface area contributed by atoms with Crippen molar-refractivity contribution in [2.45, 2.75) is 44.7 Å². The highest BCUT2D eigenvalue weighted by Crippen LogP contribution is 2.35. The molecular weight excluding hydrogens is 693 g/mol. The number of aryl methyl sites for hydroxylation is 1. The van der Waals surface area contributed by atoms with Crippen molar-refractivity contribution < 1.29 is 22.7 Å². The average molecular weight is 731 g/mol. The van der Waals surface area contributed by atoms with Crippen LogP contribution in [0.15, 0.2) is 95.9 Å². The molecule has 2 amide bonds. The highest BCUT2D eigenvalue weighted by Gasteiger charge is 2.35. The van der Waals surface area contributed by atoms with E-state index in [0.717, 1.165) is 15.4 Å². The maximum Gasteiger partial charge on any atom is 0.264 e. The molecule has 0 fully saturated rings. The normalized spacial score (nSPS) is 12.0. The molecule has 0 heterocycles. The van der Waals surface area contributed by atoms with Crippen molar-refractivity contribution in [3.05, 3.63) is 123 Å². The van der Waals surface area contributed by atoms with Crippen molar-refractivity contribution in [1.82, 2.24) is 10.2 Å². The second-order valence-corrected chi connectivity index (χ2v) is 14.9. The molecule has 0 radical (unpaired) electrons. The van der Waals surface area contributed by atoms with Crippen molar-refractivity contribution >= 4 is 62.3 Å². The van der Waals surface area contributed by atoms with Gasteiger partial charge >= 0.3 is 0 Å². The molecule has 0 aliphatic rings. The molecule has 4 aromatic rings. The fourth-order valence-electron chi connectivity index (χ4n) is 5.02. The number of nitrogens with zero attached hydrogens (tertiary/aromatic N) is 2.